The maximum atomic E-state index is 11.3. The average molecular weight is 270 g/mol. The van der Waals surface area contributed by atoms with Gasteiger partial charge in [0.25, 0.3) is 0 Å². The number of methoxy groups -OCH3 is 1. The van der Waals surface area contributed by atoms with E-state index in [9.17, 15) is 4.79 Å². The van der Waals surface area contributed by atoms with E-state index in [1.165, 1.54) is 13.4 Å². The molecule has 2 heterocycles. The quantitative estimate of drug-likeness (QED) is 0.690. The SMILES string of the molecule is COC(=O)c1ccc(Nc2ncnc3n[nH]nc23)cc1. The summed E-state index contributed by atoms with van der Waals surface area (Å²) < 4.78 is 4.64. The van der Waals surface area contributed by atoms with Crippen LogP contribution in [0.2, 0.25) is 0 Å². The fraction of sp³-hybridized carbons (Fsp3) is 0.0833. The summed E-state index contributed by atoms with van der Waals surface area (Å²) in [5.74, 6) is 0.159. The van der Waals surface area contributed by atoms with Gasteiger partial charge in [-0.15, -0.1) is 5.10 Å². The number of hydrogen-bond donors (Lipinski definition) is 2. The molecule has 3 rings (SSSR count). The Balaban J connectivity index is 1.88. The molecule has 0 bridgehead atoms. The van der Waals surface area contributed by atoms with Crippen molar-refractivity contribution in [2.45, 2.75) is 0 Å². The topological polar surface area (TPSA) is 106 Å². The second-order valence-corrected chi connectivity index (χ2v) is 3.91. The first-order valence-corrected chi connectivity index (χ1v) is 5.75. The summed E-state index contributed by atoms with van der Waals surface area (Å²) >= 11 is 0. The molecule has 2 N–H and O–H groups in total. The van der Waals surface area contributed by atoms with Gasteiger partial charge >= 0.3 is 5.97 Å². The molecule has 0 saturated heterocycles. The van der Waals surface area contributed by atoms with Gasteiger partial charge in [0, 0.05) is 5.69 Å². The van der Waals surface area contributed by atoms with E-state index in [0.29, 0.717) is 22.5 Å². The van der Waals surface area contributed by atoms with Gasteiger partial charge in [-0.3, -0.25) is 0 Å². The normalized spacial score (nSPS) is 10.4. The Morgan fingerprint density at radius 3 is 2.75 bits per heavy atom. The molecule has 0 fully saturated rings. The van der Waals surface area contributed by atoms with Gasteiger partial charge in [-0.2, -0.15) is 10.3 Å². The molecule has 0 amide bonds. The molecule has 100 valence electrons. The minimum atomic E-state index is -0.377. The van der Waals surface area contributed by atoms with Crippen molar-refractivity contribution < 1.29 is 9.53 Å². The second kappa shape index (κ2) is 4.92. The number of benzene rings is 1. The number of carbonyl (C=O) groups excluding carboxylic acids is 1. The summed E-state index contributed by atoms with van der Waals surface area (Å²) in [5.41, 5.74) is 2.27. The summed E-state index contributed by atoms with van der Waals surface area (Å²) in [6, 6.07) is 6.82. The van der Waals surface area contributed by atoms with Crippen LogP contribution in [-0.2, 0) is 4.74 Å². The third-order valence-corrected chi connectivity index (χ3v) is 2.69. The van der Waals surface area contributed by atoms with Gasteiger partial charge in [0.05, 0.1) is 12.7 Å². The molecule has 0 aliphatic carbocycles. The Bertz CT molecular complexity index is 752. The lowest BCUT2D eigenvalue weighted by Gasteiger charge is -2.06. The predicted molar refractivity (Wildman–Crippen MR) is 70.5 cm³/mol. The Morgan fingerprint density at radius 1 is 1.20 bits per heavy atom. The summed E-state index contributed by atoms with van der Waals surface area (Å²) in [6.45, 7) is 0. The zero-order valence-corrected chi connectivity index (χ0v) is 10.5. The lowest BCUT2D eigenvalue weighted by molar-refractivity contribution is 0.0601. The van der Waals surface area contributed by atoms with Gasteiger partial charge in [0.2, 0.25) is 5.65 Å². The molecule has 2 aromatic heterocycles. The molecule has 3 aromatic rings. The van der Waals surface area contributed by atoms with Crippen LogP contribution in [-0.4, -0.2) is 38.5 Å². The van der Waals surface area contributed by atoms with Crippen LogP contribution in [0.5, 0.6) is 0 Å². The number of fused-ring (bicyclic) bond motifs is 1. The fourth-order valence-corrected chi connectivity index (χ4v) is 1.71. The first-order chi connectivity index (χ1) is 9.78. The molecule has 1 aromatic carbocycles. The monoisotopic (exact) mass is 270 g/mol. The van der Waals surface area contributed by atoms with E-state index in [-0.39, 0.29) is 5.97 Å². The second-order valence-electron chi connectivity index (χ2n) is 3.91. The van der Waals surface area contributed by atoms with Crippen molar-refractivity contribution in [3.63, 3.8) is 0 Å². The number of carbonyl (C=O) groups is 1. The lowest BCUT2D eigenvalue weighted by atomic mass is 10.2. The van der Waals surface area contributed by atoms with Crippen molar-refractivity contribution in [1.82, 2.24) is 25.4 Å². The number of H-pyrrole nitrogens is 1. The number of ether oxygens (including phenoxy) is 1. The van der Waals surface area contributed by atoms with Crippen LogP contribution in [0.3, 0.4) is 0 Å². The standard InChI is InChI=1S/C12H10N6O2/c1-20-12(19)7-2-4-8(5-3-7)15-10-9-11(14-6-13-10)17-18-16-9/h2-6H,1H3,(H2,13,14,15,16,17,18). The van der Waals surface area contributed by atoms with Crippen LogP contribution in [0.15, 0.2) is 30.6 Å². The highest BCUT2D eigenvalue weighted by molar-refractivity contribution is 5.90. The summed E-state index contributed by atoms with van der Waals surface area (Å²) in [7, 11) is 1.34. The number of aromatic nitrogens is 5. The Kier molecular flexibility index (Phi) is 2.96. The summed E-state index contributed by atoms with van der Waals surface area (Å²) in [6.07, 6.45) is 1.40. The van der Waals surface area contributed by atoms with Crippen molar-refractivity contribution in [1.29, 1.82) is 0 Å². The molecule has 0 spiro atoms. The van der Waals surface area contributed by atoms with Crippen LogP contribution < -0.4 is 5.32 Å². The molecular weight excluding hydrogens is 260 g/mol. The highest BCUT2D eigenvalue weighted by Gasteiger charge is 2.08. The van der Waals surface area contributed by atoms with Crippen molar-refractivity contribution in [3.05, 3.63) is 36.2 Å². The fourth-order valence-electron chi connectivity index (χ4n) is 1.71. The summed E-state index contributed by atoms with van der Waals surface area (Å²) in [5, 5.41) is 13.4. The van der Waals surface area contributed by atoms with E-state index < -0.39 is 0 Å². The van der Waals surface area contributed by atoms with E-state index in [1.807, 2.05) is 0 Å². The first kappa shape index (κ1) is 12.0. The highest BCUT2D eigenvalue weighted by atomic mass is 16.5. The number of aromatic amines is 1. The average Bonchev–Trinajstić information content (AvgIpc) is 2.97. The molecular formula is C12H10N6O2. The highest BCUT2D eigenvalue weighted by Crippen LogP contribution is 2.20. The molecule has 0 unspecified atom stereocenters. The molecule has 8 nitrogen and oxygen atoms in total. The molecule has 20 heavy (non-hydrogen) atoms. The molecule has 0 saturated carbocycles. The van der Waals surface area contributed by atoms with Gasteiger partial charge < -0.3 is 10.1 Å². The minimum absolute atomic E-state index is 0.377. The van der Waals surface area contributed by atoms with Gasteiger partial charge in [-0.05, 0) is 24.3 Å². The third-order valence-electron chi connectivity index (χ3n) is 2.69. The van der Waals surface area contributed by atoms with Crippen LogP contribution in [0.4, 0.5) is 11.5 Å². The number of rotatable bonds is 3. The number of anilines is 2. The minimum Gasteiger partial charge on any atom is -0.465 e. The van der Waals surface area contributed by atoms with E-state index in [4.69, 9.17) is 0 Å². The van der Waals surface area contributed by atoms with Crippen LogP contribution in [0.1, 0.15) is 10.4 Å². The maximum Gasteiger partial charge on any atom is 0.337 e. The van der Waals surface area contributed by atoms with E-state index >= 15 is 0 Å². The van der Waals surface area contributed by atoms with Crippen molar-refractivity contribution in [2.75, 3.05) is 12.4 Å². The Hall–Kier alpha value is -3.03. The lowest BCUT2D eigenvalue weighted by Crippen LogP contribution is -2.01. The molecule has 0 atom stereocenters. The zero-order chi connectivity index (χ0) is 13.9. The number of hydrogen-bond acceptors (Lipinski definition) is 7. The number of nitrogens with zero attached hydrogens (tertiary/aromatic N) is 4. The van der Waals surface area contributed by atoms with Crippen LogP contribution in [0, 0.1) is 0 Å². The van der Waals surface area contributed by atoms with Crippen molar-refractivity contribution in [3.8, 4) is 0 Å². The van der Waals surface area contributed by atoms with Crippen molar-refractivity contribution in [2.24, 2.45) is 0 Å². The largest absolute Gasteiger partial charge is 0.465 e. The van der Waals surface area contributed by atoms with E-state index in [1.54, 1.807) is 24.3 Å². The zero-order valence-electron chi connectivity index (χ0n) is 10.5. The number of esters is 1. The Morgan fingerprint density at radius 2 is 2.00 bits per heavy atom. The van der Waals surface area contributed by atoms with E-state index in [2.05, 4.69) is 35.4 Å². The maximum absolute atomic E-state index is 11.3. The van der Waals surface area contributed by atoms with Crippen LogP contribution in [0.25, 0.3) is 11.2 Å². The first-order valence-electron chi connectivity index (χ1n) is 5.75. The van der Waals surface area contributed by atoms with E-state index in [0.717, 1.165) is 5.69 Å². The third kappa shape index (κ3) is 2.14. The van der Waals surface area contributed by atoms with Crippen LogP contribution >= 0.6 is 0 Å². The van der Waals surface area contributed by atoms with Gasteiger partial charge in [-0.25, -0.2) is 14.8 Å². The Labute approximate surface area is 113 Å². The molecule has 0 aliphatic rings. The van der Waals surface area contributed by atoms with Gasteiger partial charge in [0.1, 0.15) is 6.33 Å². The van der Waals surface area contributed by atoms with Gasteiger partial charge in [0.15, 0.2) is 11.3 Å². The van der Waals surface area contributed by atoms with Gasteiger partial charge in [-0.1, -0.05) is 0 Å². The molecule has 0 radical (unpaired) electrons. The van der Waals surface area contributed by atoms with Crippen molar-refractivity contribution >= 4 is 28.6 Å². The molecule has 8 heteroatoms. The molecule has 0 aliphatic heterocycles. The smallest absolute Gasteiger partial charge is 0.337 e. The summed E-state index contributed by atoms with van der Waals surface area (Å²) in [4.78, 5) is 19.4. The predicted octanol–water partition coefficient (Wildman–Crippen LogP) is 1.28. The number of nitrogens with one attached hydrogen (secondary N) is 2.